The first-order valence-electron chi connectivity index (χ1n) is 19.2. The van der Waals surface area contributed by atoms with Crippen molar-refractivity contribution in [3.63, 3.8) is 0 Å². The van der Waals surface area contributed by atoms with Crippen LogP contribution in [0.15, 0.2) is 36.4 Å². The first kappa shape index (κ1) is 44.1. The number of sulfonamides is 1. The van der Waals surface area contributed by atoms with E-state index >= 15 is 0 Å². The fourth-order valence-electron chi connectivity index (χ4n) is 7.54. The molecule has 2 saturated carbocycles. The minimum atomic E-state index is -4.90. The number of halogens is 6. The van der Waals surface area contributed by atoms with Crippen molar-refractivity contribution in [3.8, 4) is 11.8 Å². The van der Waals surface area contributed by atoms with Gasteiger partial charge in [0.25, 0.3) is 12.3 Å². The molecule has 0 spiro atoms. The Kier molecular flexibility index (Phi) is 12.9. The van der Waals surface area contributed by atoms with Gasteiger partial charge in [-0.25, -0.2) is 22.0 Å². The van der Waals surface area contributed by atoms with E-state index < -0.39 is 100.0 Å². The molecule has 2 aliphatic carbocycles. The van der Waals surface area contributed by atoms with Gasteiger partial charge in [-0.15, -0.1) is 0 Å². The first-order valence-corrected chi connectivity index (χ1v) is 21.2. The topological polar surface area (TPSA) is 182 Å². The summed E-state index contributed by atoms with van der Waals surface area (Å²) in [6.07, 6.45) is -7.41. The van der Waals surface area contributed by atoms with Gasteiger partial charge >= 0.3 is 12.3 Å². The number of nitrogens with zero attached hydrogens (tertiary/aromatic N) is 2. The fraction of sp³-hybridized carbons (Fsp3) is 0.605. The van der Waals surface area contributed by atoms with Gasteiger partial charge in [0.15, 0.2) is 12.7 Å². The number of nitrogens with one attached hydrogen (secondary N) is 3. The maximum Gasteiger partial charge on any atom is 0.425 e. The van der Waals surface area contributed by atoms with Crippen molar-refractivity contribution in [3.05, 3.63) is 41.4 Å². The van der Waals surface area contributed by atoms with E-state index in [9.17, 15) is 49.5 Å². The molecule has 6 rings (SSSR count). The highest BCUT2D eigenvalue weighted by Gasteiger charge is 2.62. The largest absolute Gasteiger partial charge is 0.472 e. The molecule has 14 nitrogen and oxygen atoms in total. The summed E-state index contributed by atoms with van der Waals surface area (Å²) in [5, 5.41) is 5.12. The van der Waals surface area contributed by atoms with Gasteiger partial charge < -0.3 is 29.7 Å². The zero-order valence-corrected chi connectivity index (χ0v) is 33.8. The second kappa shape index (κ2) is 17.3. The van der Waals surface area contributed by atoms with E-state index in [4.69, 9.17) is 21.1 Å². The zero-order valence-electron chi connectivity index (χ0n) is 32.3. The number of rotatable bonds is 10. The summed E-state index contributed by atoms with van der Waals surface area (Å²) < 4.78 is 110. The molecule has 4 amide bonds. The Balaban J connectivity index is 1.36. The highest BCUT2D eigenvalue weighted by molar-refractivity contribution is 7.91. The van der Waals surface area contributed by atoms with Crippen LogP contribution < -0.4 is 24.8 Å². The summed E-state index contributed by atoms with van der Waals surface area (Å²) in [6, 6.07) is 3.09. The minimum Gasteiger partial charge on any atom is -0.472 e. The monoisotopic (exact) mass is 877 g/mol. The third-order valence-corrected chi connectivity index (χ3v) is 13.2. The first-order chi connectivity index (χ1) is 27.7. The summed E-state index contributed by atoms with van der Waals surface area (Å²) in [6.45, 7) is 2.78. The number of alkyl carbamates (subject to hydrolysis) is 1. The van der Waals surface area contributed by atoms with Crippen LogP contribution in [0.4, 0.5) is 26.7 Å². The molecule has 324 valence electrons. The average molecular weight is 878 g/mol. The van der Waals surface area contributed by atoms with Crippen LogP contribution in [-0.2, 0) is 29.1 Å². The van der Waals surface area contributed by atoms with Crippen LogP contribution in [0.1, 0.15) is 65.7 Å². The van der Waals surface area contributed by atoms with Crippen LogP contribution in [-0.4, -0.2) is 103 Å². The van der Waals surface area contributed by atoms with E-state index in [0.29, 0.717) is 49.8 Å². The molecular formula is C38H45ClF5N5O9S. The van der Waals surface area contributed by atoms with E-state index in [1.54, 1.807) is 25.1 Å². The molecule has 8 atom stereocenters. The molecule has 3 N–H and O–H groups in total. The second-order valence-electron chi connectivity index (χ2n) is 15.8. The lowest BCUT2D eigenvalue weighted by molar-refractivity contribution is -0.197. The Morgan fingerprint density at radius 3 is 2.53 bits per heavy atom. The van der Waals surface area contributed by atoms with Gasteiger partial charge in [-0.1, -0.05) is 43.7 Å². The highest BCUT2D eigenvalue weighted by Crippen LogP contribution is 2.46. The molecule has 0 bridgehead atoms. The van der Waals surface area contributed by atoms with Crippen molar-refractivity contribution < 1.29 is 63.8 Å². The second-order valence-corrected chi connectivity index (χ2v) is 18.1. The van der Waals surface area contributed by atoms with Crippen molar-refractivity contribution in [2.45, 2.75) is 113 Å². The third kappa shape index (κ3) is 10.3. The van der Waals surface area contributed by atoms with Crippen molar-refractivity contribution >= 4 is 56.2 Å². The summed E-state index contributed by atoms with van der Waals surface area (Å²) in [5.74, 6) is -4.51. The van der Waals surface area contributed by atoms with Crippen LogP contribution in [0.25, 0.3) is 10.8 Å². The van der Waals surface area contributed by atoms with Crippen LogP contribution in [0.2, 0.25) is 5.02 Å². The number of pyridine rings is 1. The van der Waals surface area contributed by atoms with E-state index in [-0.39, 0.29) is 42.1 Å². The Labute approximate surface area is 341 Å². The Morgan fingerprint density at radius 2 is 1.85 bits per heavy atom. The van der Waals surface area contributed by atoms with Gasteiger partial charge in [0.2, 0.25) is 33.6 Å². The SMILES string of the molecule is C[C@@H]1CC/C=C\[C@@H]2C[C@@]2(C(=O)NS(=O)(=O)C2CC2)NC(=O)[C@@H]2C[C@@H](Oc3nc(OCC(F)F)cc4c(Cl)cccc34)CN2C(=O)[C@@H](NC(=O)O[C@H](C)C(F)(F)F)[C@H](C)C1. The number of ether oxygens (including phenoxy) is 3. The predicted molar refractivity (Wildman–Crippen MR) is 202 cm³/mol. The predicted octanol–water partition coefficient (Wildman–Crippen LogP) is 5.42. The highest BCUT2D eigenvalue weighted by atomic mass is 35.5. The number of fused-ring (bicyclic) bond motifs is 3. The van der Waals surface area contributed by atoms with Crippen LogP contribution in [0.5, 0.6) is 11.8 Å². The molecule has 2 aliphatic heterocycles. The van der Waals surface area contributed by atoms with Crippen molar-refractivity contribution in [2.75, 3.05) is 13.2 Å². The third-order valence-electron chi connectivity index (χ3n) is 11.0. The van der Waals surface area contributed by atoms with Crippen molar-refractivity contribution in [1.82, 2.24) is 25.2 Å². The lowest BCUT2D eigenvalue weighted by atomic mass is 9.88. The molecule has 1 aromatic carbocycles. The molecule has 3 fully saturated rings. The molecule has 3 heterocycles. The van der Waals surface area contributed by atoms with Gasteiger partial charge in [0.1, 0.15) is 23.7 Å². The smallest absolute Gasteiger partial charge is 0.425 e. The molecule has 0 radical (unpaired) electrons. The van der Waals surface area contributed by atoms with E-state index in [2.05, 4.69) is 25.1 Å². The standard InChI is InChI=1S/C38H45ClF5N5O9S/c1-19-7-4-5-8-22-16-37(22,35(52)48-59(54,55)24-11-12-24)47-32(50)28-14-23(58-33-25-9-6-10-27(39)26(25)15-30(45-33)56-18-29(40)41)17-49(28)34(51)31(20(2)13-19)46-36(53)57-21(3)38(42,43)44/h5-6,8-10,15,19-24,28-29,31H,4,7,11-14,16-18H2,1-3H3,(H,46,53)(H,47,50)(H,48,52)/b8-5-/t19-,20-,21-,22-,23-,28+,31+,37-/m1/s1. The van der Waals surface area contributed by atoms with Crippen LogP contribution in [0, 0.1) is 17.8 Å². The Hall–Kier alpha value is -4.46. The summed E-state index contributed by atoms with van der Waals surface area (Å²) in [5.41, 5.74) is -1.71. The molecule has 4 aliphatic rings. The van der Waals surface area contributed by atoms with Gasteiger partial charge in [-0.05, 0) is 69.4 Å². The zero-order chi connectivity index (χ0) is 43.0. The number of hydrogen-bond donors (Lipinski definition) is 3. The van der Waals surface area contributed by atoms with E-state index in [1.807, 2.05) is 13.0 Å². The quantitative estimate of drug-likeness (QED) is 0.206. The maximum atomic E-state index is 14.7. The lowest BCUT2D eigenvalue weighted by Gasteiger charge is -2.33. The molecule has 0 unspecified atom stereocenters. The fourth-order valence-corrected chi connectivity index (χ4v) is 9.14. The molecule has 21 heteroatoms. The van der Waals surface area contributed by atoms with Gasteiger partial charge in [0, 0.05) is 34.2 Å². The van der Waals surface area contributed by atoms with Crippen LogP contribution in [0.3, 0.4) is 0 Å². The molecule has 2 aromatic rings. The number of alkyl halides is 5. The summed E-state index contributed by atoms with van der Waals surface area (Å²) >= 11 is 6.43. The van der Waals surface area contributed by atoms with Gasteiger partial charge in [0.05, 0.1) is 11.8 Å². The maximum absolute atomic E-state index is 14.7. The van der Waals surface area contributed by atoms with E-state index in [1.165, 1.54) is 12.1 Å². The van der Waals surface area contributed by atoms with E-state index in [0.717, 1.165) is 4.90 Å². The number of aromatic nitrogens is 1. The molecule has 1 aromatic heterocycles. The summed E-state index contributed by atoms with van der Waals surface area (Å²) in [7, 11) is -4.03. The number of allylic oxidation sites excluding steroid dienone is 1. The lowest BCUT2D eigenvalue weighted by Crippen LogP contribution is -2.59. The van der Waals surface area contributed by atoms with Crippen LogP contribution >= 0.6 is 11.6 Å². The Bertz CT molecular complexity index is 2090. The normalized spacial score (nSPS) is 28.9. The van der Waals surface area contributed by atoms with Gasteiger partial charge in [-0.2, -0.15) is 18.2 Å². The summed E-state index contributed by atoms with van der Waals surface area (Å²) in [4.78, 5) is 61.2. The van der Waals surface area contributed by atoms with Gasteiger partial charge in [-0.3, -0.25) is 19.1 Å². The minimum absolute atomic E-state index is 0.0456. The van der Waals surface area contributed by atoms with Crippen molar-refractivity contribution in [2.24, 2.45) is 17.8 Å². The number of benzene rings is 1. The molecule has 59 heavy (non-hydrogen) atoms. The molecular weight excluding hydrogens is 833 g/mol. The average Bonchev–Trinajstić information content (AvgIpc) is 4.08. The molecule has 1 saturated heterocycles. The number of amides is 4. The Morgan fingerprint density at radius 1 is 1.12 bits per heavy atom. The number of carbonyl (C=O) groups excluding carboxylic acids is 4. The number of hydrogen-bond acceptors (Lipinski definition) is 10. The number of carbonyl (C=O) groups is 4. The van der Waals surface area contributed by atoms with Crippen molar-refractivity contribution in [1.29, 1.82) is 0 Å².